The van der Waals surface area contributed by atoms with E-state index in [1.807, 2.05) is 68.5 Å². The second kappa shape index (κ2) is 31.4. The smallest absolute Gasteiger partial charge is 0.237 e. The van der Waals surface area contributed by atoms with Crippen LogP contribution in [0.3, 0.4) is 0 Å². The molecule has 0 saturated carbocycles. The molecule has 0 aliphatic heterocycles. The fourth-order valence-electron chi connectivity index (χ4n) is 4.00. The van der Waals surface area contributed by atoms with Crippen LogP contribution >= 0.6 is 69.1 Å². The molecule has 5 aromatic rings. The van der Waals surface area contributed by atoms with Crippen LogP contribution in [0.5, 0.6) is 0 Å². The number of rotatable bonds is 8. The van der Waals surface area contributed by atoms with E-state index in [0.29, 0.717) is 5.02 Å². The molecule has 0 nitrogen and oxygen atoms in total. The van der Waals surface area contributed by atoms with Gasteiger partial charge in [-0.1, -0.05) is 131 Å². The molecular weight excluding hydrogens is 1030 g/mol. The zero-order valence-corrected chi connectivity index (χ0v) is 41.8. The van der Waals surface area contributed by atoms with Crippen molar-refractivity contribution in [3.63, 3.8) is 0 Å². The van der Waals surface area contributed by atoms with Crippen molar-refractivity contribution in [3.8, 4) is 0 Å². The number of hydrogen-bond donors (Lipinski definition) is 0. The van der Waals surface area contributed by atoms with Crippen molar-refractivity contribution >= 4 is 74.7 Å². The minimum Gasteiger partial charge on any atom is -0.237 e. The molecule has 0 aliphatic rings. The average Bonchev–Trinajstić information content (AvgIpc) is 3.74. The van der Waals surface area contributed by atoms with Crippen LogP contribution in [-0.4, -0.2) is 0 Å². The maximum Gasteiger partial charge on any atom is 0.273 e. The van der Waals surface area contributed by atoms with Gasteiger partial charge < -0.3 is 0 Å². The van der Waals surface area contributed by atoms with Gasteiger partial charge in [-0.15, -0.1) is 22.3 Å². The summed E-state index contributed by atoms with van der Waals surface area (Å²) >= 11 is 25.9. The summed E-state index contributed by atoms with van der Waals surface area (Å²) in [5, 5.41) is 1.27. The van der Waals surface area contributed by atoms with E-state index in [1.54, 1.807) is 11.3 Å². The normalized spacial score (nSPS) is 10.5. The van der Waals surface area contributed by atoms with E-state index in [-0.39, 0.29) is 65.8 Å². The minimum absolute atomic E-state index is 0. The molecule has 0 N–H and O–H groups in total. The average molecular weight is 1080 g/mol. The van der Waals surface area contributed by atoms with Crippen LogP contribution in [0.2, 0.25) is 18.7 Å². The largest absolute Gasteiger partial charge is 0.273 e. The Balaban J connectivity index is 0. The van der Waals surface area contributed by atoms with Gasteiger partial charge in [0, 0.05) is 80.7 Å². The zero-order valence-electron chi connectivity index (χ0n) is 31.4. The molecule has 0 spiro atoms. The zero-order chi connectivity index (χ0) is 38.2. The predicted octanol–water partition coefficient (Wildman–Crippen LogP) is 16.8. The molecule has 285 valence electrons. The van der Waals surface area contributed by atoms with E-state index in [0.717, 1.165) is 31.4 Å². The number of thiophene rings is 2. The van der Waals surface area contributed by atoms with E-state index in [9.17, 15) is 8.78 Å². The maximum absolute atomic E-state index is 13.0. The van der Waals surface area contributed by atoms with Crippen molar-refractivity contribution in [3.05, 3.63) is 166 Å². The summed E-state index contributed by atoms with van der Waals surface area (Å²) in [5.41, 5.74) is 5.15. The second-order valence-electron chi connectivity index (χ2n) is 11.2. The fourth-order valence-corrected chi connectivity index (χ4v) is 6.42. The summed E-state index contributed by atoms with van der Waals surface area (Å²) in [6, 6.07) is 31.0. The van der Waals surface area contributed by atoms with Gasteiger partial charge in [-0.05, 0) is 67.8 Å². The van der Waals surface area contributed by atoms with E-state index in [1.165, 1.54) is 82.5 Å². The maximum atomic E-state index is 13.0. The van der Waals surface area contributed by atoms with Crippen LogP contribution in [0, 0.1) is 19.1 Å². The summed E-state index contributed by atoms with van der Waals surface area (Å²) in [7, 11) is 0. The molecule has 1 radical (unpaired) electrons. The molecule has 0 amide bonds. The molecule has 2 heterocycles. The number of aryl methyl sites for hydroxylation is 3. The van der Waals surface area contributed by atoms with Gasteiger partial charge in [0.05, 0.1) is 8.67 Å². The minimum atomic E-state index is -2.73. The molecule has 3 aromatic carbocycles. The van der Waals surface area contributed by atoms with Gasteiger partial charge in [0.2, 0.25) is 0 Å². The Morgan fingerprint density at radius 2 is 1.30 bits per heavy atom. The van der Waals surface area contributed by atoms with E-state index in [2.05, 4.69) is 64.1 Å². The summed E-state index contributed by atoms with van der Waals surface area (Å²) < 4.78 is 27.7. The SMILES string of the molecule is C/C=C(\C)c1ccc(Cl)cc1.CC=[C-]c1ccc(Cl)s1.CCC(F)(F)c1ccc(Cl)cc1.CCCc1[c-]cc(C)cc1.CCCc1ccc(Cl)s1.[W].[Y]. The van der Waals surface area contributed by atoms with Gasteiger partial charge in [-0.2, -0.15) is 58.9 Å². The van der Waals surface area contributed by atoms with Crippen molar-refractivity contribution in [1.29, 1.82) is 0 Å². The first kappa shape index (κ1) is 54.5. The Bertz CT molecular complexity index is 1700. The Labute approximate surface area is 385 Å². The standard InChI is InChI=1S/C10H11Cl.C10H13.C9H9ClF2.C7H9ClS.C7H6ClS.W.Y/c1-3-8(2)9-4-6-10(11)7-5-9;1-3-4-10-7-5-9(2)6-8-10;1-2-9(11,12)7-3-5-8(10)6-4-7;2*1-2-3-6-4-5-7(8)9-6;;/h3-7H,1-2H3;5-7H,3-4H2,1-2H3;3-6H,2H2,1H3;4-5H,2-3H2,1H3;2,4-5H,1H3;;/q;-1;;;-1;;/b8-3+;;;;;;. The van der Waals surface area contributed by atoms with Crippen molar-refractivity contribution in [2.75, 3.05) is 0 Å². The van der Waals surface area contributed by atoms with Crippen molar-refractivity contribution in [2.45, 2.75) is 86.5 Å². The molecule has 5 rings (SSSR count). The summed E-state index contributed by atoms with van der Waals surface area (Å²) in [6.07, 6.45) is 11.5. The number of halogens is 6. The van der Waals surface area contributed by atoms with Gasteiger partial charge in [0.1, 0.15) is 0 Å². The van der Waals surface area contributed by atoms with Gasteiger partial charge >= 0.3 is 0 Å². The first-order valence-electron chi connectivity index (χ1n) is 16.8. The Kier molecular flexibility index (Phi) is 32.3. The molecular formula is C43H48Cl4F2S2WY-2. The monoisotopic (exact) mass is 1080 g/mol. The van der Waals surface area contributed by atoms with Crippen molar-refractivity contribution in [2.24, 2.45) is 0 Å². The van der Waals surface area contributed by atoms with Gasteiger partial charge in [-0.25, -0.2) is 14.9 Å². The quantitative estimate of drug-likeness (QED) is 0.136. The van der Waals surface area contributed by atoms with Crippen LogP contribution in [0.25, 0.3) is 5.57 Å². The molecule has 0 saturated heterocycles. The molecule has 53 heavy (non-hydrogen) atoms. The summed E-state index contributed by atoms with van der Waals surface area (Å²) in [4.78, 5) is 2.48. The molecule has 10 heteroatoms. The predicted molar refractivity (Wildman–Crippen MR) is 226 cm³/mol. The van der Waals surface area contributed by atoms with E-state index >= 15 is 0 Å². The molecule has 0 aliphatic carbocycles. The van der Waals surface area contributed by atoms with Crippen molar-refractivity contribution in [1.82, 2.24) is 0 Å². The number of allylic oxidation sites excluding steroid dienone is 3. The van der Waals surface area contributed by atoms with Crippen LogP contribution in [0.4, 0.5) is 8.78 Å². The molecule has 0 atom stereocenters. The van der Waals surface area contributed by atoms with E-state index in [4.69, 9.17) is 46.4 Å². The molecule has 0 bridgehead atoms. The first-order chi connectivity index (χ1) is 24.3. The molecule has 0 fully saturated rings. The summed E-state index contributed by atoms with van der Waals surface area (Å²) in [5.74, 6) is -2.73. The van der Waals surface area contributed by atoms with Crippen LogP contribution in [0.15, 0.2) is 103 Å². The van der Waals surface area contributed by atoms with Crippen molar-refractivity contribution < 1.29 is 62.6 Å². The van der Waals surface area contributed by atoms with Gasteiger partial charge in [0.15, 0.2) is 0 Å². The number of alkyl halides is 2. The topological polar surface area (TPSA) is 0 Å². The van der Waals surface area contributed by atoms with Gasteiger partial charge in [-0.3, -0.25) is 0 Å². The number of benzene rings is 3. The Hall–Kier alpha value is -0.648. The van der Waals surface area contributed by atoms with Crippen LogP contribution in [-0.2, 0) is 72.5 Å². The number of hydrogen-bond acceptors (Lipinski definition) is 2. The molecule has 0 unspecified atom stereocenters. The second-order valence-corrected chi connectivity index (χ2v) is 15.6. The van der Waals surface area contributed by atoms with E-state index < -0.39 is 5.92 Å². The first-order valence-corrected chi connectivity index (χ1v) is 20.0. The van der Waals surface area contributed by atoms with Gasteiger partial charge in [0.25, 0.3) is 5.92 Å². The summed E-state index contributed by atoms with van der Waals surface area (Å²) in [6.45, 7) is 14.0. The third-order valence-corrected chi connectivity index (χ3v) is 9.94. The van der Waals surface area contributed by atoms with Crippen LogP contribution < -0.4 is 0 Å². The Morgan fingerprint density at radius 1 is 0.755 bits per heavy atom. The Morgan fingerprint density at radius 3 is 1.72 bits per heavy atom. The molecule has 2 aromatic heterocycles. The third kappa shape index (κ3) is 24.6. The third-order valence-electron chi connectivity index (χ3n) is 6.98. The van der Waals surface area contributed by atoms with Crippen LogP contribution in [0.1, 0.15) is 92.8 Å². The fraction of sp³-hybridized carbons (Fsp3) is 0.302.